The van der Waals surface area contributed by atoms with Gasteiger partial charge < -0.3 is 14.7 Å². The first-order chi connectivity index (χ1) is 9.02. The van der Waals surface area contributed by atoms with Gasteiger partial charge in [-0.15, -0.1) is 0 Å². The molecule has 4 heteroatoms. The van der Waals surface area contributed by atoms with Gasteiger partial charge in [0.05, 0.1) is 17.9 Å². The molecule has 106 valence electrons. The summed E-state index contributed by atoms with van der Waals surface area (Å²) in [7, 11) is 1.71. The normalized spacial score (nSPS) is 25.4. The Morgan fingerprint density at radius 3 is 2.79 bits per heavy atom. The topological polar surface area (TPSA) is 32.7 Å². The van der Waals surface area contributed by atoms with Gasteiger partial charge in [0.1, 0.15) is 5.82 Å². The van der Waals surface area contributed by atoms with E-state index in [-0.39, 0.29) is 11.9 Å². The number of aliphatic hydroxyl groups is 1. The lowest BCUT2D eigenvalue weighted by Crippen LogP contribution is -2.44. The zero-order chi connectivity index (χ0) is 14.0. The molecule has 0 radical (unpaired) electrons. The van der Waals surface area contributed by atoms with E-state index < -0.39 is 6.10 Å². The second-order valence-electron chi connectivity index (χ2n) is 5.37. The number of anilines is 1. The number of piperidine rings is 1. The van der Waals surface area contributed by atoms with Gasteiger partial charge in [-0.1, -0.05) is 13.0 Å². The molecule has 3 nitrogen and oxygen atoms in total. The van der Waals surface area contributed by atoms with Crippen molar-refractivity contribution in [2.75, 3.05) is 25.1 Å². The maximum atomic E-state index is 14.1. The molecular weight excluding hydrogens is 245 g/mol. The van der Waals surface area contributed by atoms with E-state index in [9.17, 15) is 9.50 Å². The lowest BCUT2D eigenvalue weighted by atomic mass is 9.95. The number of halogens is 1. The SMILES string of the molecule is COC1CN(c2ccc([C@H](C)O)cc2F)CCC1C. The molecule has 0 saturated carbocycles. The summed E-state index contributed by atoms with van der Waals surface area (Å²) < 4.78 is 19.6. The smallest absolute Gasteiger partial charge is 0.146 e. The van der Waals surface area contributed by atoms with Gasteiger partial charge in [-0.25, -0.2) is 4.39 Å². The predicted molar refractivity (Wildman–Crippen MR) is 73.8 cm³/mol. The van der Waals surface area contributed by atoms with Gasteiger partial charge in [-0.2, -0.15) is 0 Å². The van der Waals surface area contributed by atoms with Crippen molar-refractivity contribution in [1.29, 1.82) is 0 Å². The Hall–Kier alpha value is -1.13. The Kier molecular flexibility index (Phi) is 4.42. The molecule has 0 aromatic heterocycles. The zero-order valence-corrected chi connectivity index (χ0v) is 11.8. The molecule has 0 aliphatic carbocycles. The molecule has 2 unspecified atom stereocenters. The summed E-state index contributed by atoms with van der Waals surface area (Å²) >= 11 is 0. The third-order valence-corrected chi connectivity index (χ3v) is 3.99. The van der Waals surface area contributed by atoms with Crippen LogP contribution in [0.5, 0.6) is 0 Å². The van der Waals surface area contributed by atoms with Gasteiger partial charge in [-0.05, 0) is 37.0 Å². The van der Waals surface area contributed by atoms with Crippen molar-refractivity contribution in [2.24, 2.45) is 5.92 Å². The van der Waals surface area contributed by atoms with Crippen LogP contribution in [-0.4, -0.2) is 31.4 Å². The van der Waals surface area contributed by atoms with Crippen molar-refractivity contribution < 1.29 is 14.2 Å². The van der Waals surface area contributed by atoms with Crippen LogP contribution in [-0.2, 0) is 4.74 Å². The van der Waals surface area contributed by atoms with Crippen LogP contribution < -0.4 is 4.90 Å². The minimum absolute atomic E-state index is 0.143. The Balaban J connectivity index is 2.18. The van der Waals surface area contributed by atoms with Crippen LogP contribution in [0.15, 0.2) is 18.2 Å². The molecule has 1 saturated heterocycles. The van der Waals surface area contributed by atoms with Gasteiger partial charge in [0.15, 0.2) is 0 Å². The van der Waals surface area contributed by atoms with E-state index in [1.165, 1.54) is 6.07 Å². The number of methoxy groups -OCH3 is 1. The number of hydrogen-bond acceptors (Lipinski definition) is 3. The number of benzene rings is 1. The summed E-state index contributed by atoms with van der Waals surface area (Å²) in [6, 6.07) is 4.95. The fourth-order valence-corrected chi connectivity index (χ4v) is 2.60. The van der Waals surface area contributed by atoms with Crippen molar-refractivity contribution in [3.63, 3.8) is 0 Å². The molecular formula is C15H22FNO2. The Morgan fingerprint density at radius 1 is 1.47 bits per heavy atom. The highest BCUT2D eigenvalue weighted by Gasteiger charge is 2.27. The van der Waals surface area contributed by atoms with E-state index in [4.69, 9.17) is 4.74 Å². The number of nitrogens with zero attached hydrogens (tertiary/aromatic N) is 1. The fraction of sp³-hybridized carbons (Fsp3) is 0.600. The second-order valence-corrected chi connectivity index (χ2v) is 5.37. The molecule has 1 heterocycles. The number of aliphatic hydroxyl groups excluding tert-OH is 1. The minimum Gasteiger partial charge on any atom is -0.389 e. The van der Waals surface area contributed by atoms with Crippen LogP contribution >= 0.6 is 0 Å². The second kappa shape index (κ2) is 5.88. The summed E-state index contributed by atoms with van der Waals surface area (Å²) in [4.78, 5) is 2.02. The van der Waals surface area contributed by atoms with E-state index in [0.29, 0.717) is 23.7 Å². The van der Waals surface area contributed by atoms with Crippen LogP contribution in [0.2, 0.25) is 0 Å². The van der Waals surface area contributed by atoms with E-state index in [1.807, 2.05) is 4.90 Å². The molecule has 1 fully saturated rings. The fourth-order valence-electron chi connectivity index (χ4n) is 2.60. The zero-order valence-electron chi connectivity index (χ0n) is 11.8. The minimum atomic E-state index is -0.642. The summed E-state index contributed by atoms with van der Waals surface area (Å²) in [6.07, 6.45) is 0.497. The molecule has 19 heavy (non-hydrogen) atoms. The number of ether oxygens (including phenoxy) is 1. The van der Waals surface area contributed by atoms with Crippen molar-refractivity contribution in [3.8, 4) is 0 Å². The number of rotatable bonds is 3. The first-order valence-electron chi connectivity index (χ1n) is 6.78. The highest BCUT2D eigenvalue weighted by atomic mass is 19.1. The monoisotopic (exact) mass is 267 g/mol. The van der Waals surface area contributed by atoms with Gasteiger partial charge in [0.2, 0.25) is 0 Å². The highest BCUT2D eigenvalue weighted by Crippen LogP contribution is 2.28. The van der Waals surface area contributed by atoms with E-state index >= 15 is 0 Å². The molecule has 0 bridgehead atoms. The molecule has 1 aliphatic heterocycles. The van der Waals surface area contributed by atoms with Gasteiger partial charge in [0.25, 0.3) is 0 Å². The van der Waals surface area contributed by atoms with E-state index in [1.54, 1.807) is 26.2 Å². The van der Waals surface area contributed by atoms with Crippen molar-refractivity contribution in [3.05, 3.63) is 29.6 Å². The lowest BCUT2D eigenvalue weighted by Gasteiger charge is -2.37. The van der Waals surface area contributed by atoms with Gasteiger partial charge >= 0.3 is 0 Å². The third-order valence-electron chi connectivity index (χ3n) is 3.99. The van der Waals surface area contributed by atoms with Gasteiger partial charge in [-0.3, -0.25) is 0 Å². The van der Waals surface area contributed by atoms with Crippen LogP contribution in [0, 0.1) is 11.7 Å². The van der Waals surface area contributed by atoms with Crippen molar-refractivity contribution in [1.82, 2.24) is 0 Å². The largest absolute Gasteiger partial charge is 0.389 e. The summed E-state index contributed by atoms with van der Waals surface area (Å²) in [5.74, 6) is 0.226. The highest BCUT2D eigenvalue weighted by molar-refractivity contribution is 5.50. The number of hydrogen-bond donors (Lipinski definition) is 1. The molecule has 1 aromatic carbocycles. The Labute approximate surface area is 114 Å². The lowest BCUT2D eigenvalue weighted by molar-refractivity contribution is 0.0497. The van der Waals surface area contributed by atoms with Gasteiger partial charge in [0, 0.05) is 20.2 Å². The first-order valence-corrected chi connectivity index (χ1v) is 6.78. The average Bonchev–Trinajstić information content (AvgIpc) is 2.39. The van der Waals surface area contributed by atoms with Crippen LogP contribution in [0.1, 0.15) is 31.9 Å². The molecule has 0 amide bonds. The molecule has 1 aromatic rings. The Bertz CT molecular complexity index is 436. The molecule has 1 aliphatic rings. The quantitative estimate of drug-likeness (QED) is 0.914. The maximum absolute atomic E-state index is 14.1. The molecule has 2 rings (SSSR count). The third kappa shape index (κ3) is 3.07. The first kappa shape index (κ1) is 14.3. The summed E-state index contributed by atoms with van der Waals surface area (Å²) in [6.45, 7) is 5.35. The Morgan fingerprint density at radius 2 is 2.21 bits per heavy atom. The van der Waals surface area contributed by atoms with E-state index in [2.05, 4.69) is 6.92 Å². The van der Waals surface area contributed by atoms with Crippen LogP contribution in [0.4, 0.5) is 10.1 Å². The standard InChI is InChI=1S/C15H22FNO2/c1-10-6-7-17(9-15(10)19-3)14-5-4-12(11(2)18)8-13(14)16/h4-5,8,10-11,15,18H,6-7,9H2,1-3H3/t10?,11-,15?/m0/s1. The summed E-state index contributed by atoms with van der Waals surface area (Å²) in [5.41, 5.74) is 1.20. The average molecular weight is 267 g/mol. The molecule has 1 N–H and O–H groups in total. The van der Waals surface area contributed by atoms with Crippen LogP contribution in [0.25, 0.3) is 0 Å². The summed E-state index contributed by atoms with van der Waals surface area (Å²) in [5, 5.41) is 9.46. The van der Waals surface area contributed by atoms with E-state index in [0.717, 1.165) is 13.0 Å². The molecule has 3 atom stereocenters. The van der Waals surface area contributed by atoms with Crippen LogP contribution in [0.3, 0.4) is 0 Å². The maximum Gasteiger partial charge on any atom is 0.146 e. The molecule has 0 spiro atoms. The van der Waals surface area contributed by atoms with Crippen molar-refractivity contribution >= 4 is 5.69 Å². The van der Waals surface area contributed by atoms with Crippen molar-refractivity contribution in [2.45, 2.75) is 32.5 Å². The predicted octanol–water partition coefficient (Wildman–Crippen LogP) is 2.74.